The molecule has 2 aromatic heterocycles. The molecule has 2 heterocycles. The maximum Gasteiger partial charge on any atom is 0.0948 e. The van der Waals surface area contributed by atoms with Crippen molar-refractivity contribution in [3.63, 3.8) is 0 Å². The molecule has 0 amide bonds. The van der Waals surface area contributed by atoms with E-state index in [-0.39, 0.29) is 0 Å². The molecule has 1 atom stereocenters. The van der Waals surface area contributed by atoms with Crippen LogP contribution in [0.25, 0.3) is 0 Å². The molecule has 0 aliphatic carbocycles. The molecular weight excluding hydrogens is 224 g/mol. The summed E-state index contributed by atoms with van der Waals surface area (Å²) in [5.41, 5.74) is 0.910. The number of halogens is 1. The third kappa shape index (κ3) is 2.58. The molecule has 84 valence electrons. The molecule has 5 heteroatoms. The van der Waals surface area contributed by atoms with Crippen LogP contribution in [0.4, 0.5) is 0 Å². The van der Waals surface area contributed by atoms with E-state index < -0.39 is 0 Å². The van der Waals surface area contributed by atoms with Crippen LogP contribution in [0, 0.1) is 0 Å². The Hall–Kier alpha value is -1.42. The fraction of sp³-hybridized carbons (Fsp3) is 0.364. The lowest BCUT2D eigenvalue weighted by Crippen LogP contribution is -2.10. The van der Waals surface area contributed by atoms with Crippen LogP contribution in [0.15, 0.2) is 31.0 Å². The van der Waals surface area contributed by atoms with Gasteiger partial charge in [0.05, 0.1) is 23.2 Å². The van der Waals surface area contributed by atoms with Gasteiger partial charge < -0.3 is 4.57 Å². The maximum atomic E-state index is 5.87. The van der Waals surface area contributed by atoms with Crippen molar-refractivity contribution in [3.05, 3.63) is 41.7 Å². The normalized spacial score (nSPS) is 12.6. The van der Waals surface area contributed by atoms with Crippen molar-refractivity contribution in [2.75, 3.05) is 0 Å². The fourth-order valence-electron chi connectivity index (χ4n) is 1.67. The molecule has 0 aliphatic rings. The quantitative estimate of drug-likeness (QED) is 0.819. The van der Waals surface area contributed by atoms with Gasteiger partial charge >= 0.3 is 0 Å². The van der Waals surface area contributed by atoms with Gasteiger partial charge in [-0.3, -0.25) is 0 Å². The van der Waals surface area contributed by atoms with Gasteiger partial charge in [-0.1, -0.05) is 18.5 Å². The monoisotopic (exact) mass is 236 g/mol. The molecule has 0 fully saturated rings. The average Bonchev–Trinajstić information content (AvgIpc) is 2.79. The minimum atomic E-state index is 0.357. The van der Waals surface area contributed by atoms with Gasteiger partial charge in [0, 0.05) is 24.9 Å². The Balaban J connectivity index is 2.13. The molecule has 2 aromatic rings. The second-order valence-corrected chi connectivity index (χ2v) is 4.08. The summed E-state index contributed by atoms with van der Waals surface area (Å²) < 4.78 is 2.09. The lowest BCUT2D eigenvalue weighted by molar-refractivity contribution is 0.476. The number of aromatic nitrogens is 4. The van der Waals surface area contributed by atoms with Gasteiger partial charge in [-0.05, 0) is 12.5 Å². The summed E-state index contributed by atoms with van der Waals surface area (Å²) in [6, 6.07) is 2.21. The third-order valence-corrected chi connectivity index (χ3v) is 2.74. The Morgan fingerprint density at radius 3 is 3.00 bits per heavy atom. The molecule has 0 saturated heterocycles. The number of hydrogen-bond acceptors (Lipinski definition) is 3. The van der Waals surface area contributed by atoms with Crippen LogP contribution in [0.1, 0.15) is 25.1 Å². The Morgan fingerprint density at radius 1 is 1.50 bits per heavy atom. The topological polar surface area (TPSA) is 43.6 Å². The second kappa shape index (κ2) is 5.07. The van der Waals surface area contributed by atoms with Crippen molar-refractivity contribution in [1.29, 1.82) is 0 Å². The van der Waals surface area contributed by atoms with Gasteiger partial charge in [0.25, 0.3) is 0 Å². The molecule has 0 saturated carbocycles. The predicted octanol–water partition coefficient (Wildman–Crippen LogP) is 2.52. The summed E-state index contributed by atoms with van der Waals surface area (Å²) in [6.07, 6.45) is 8.96. The smallest absolute Gasteiger partial charge is 0.0948 e. The molecule has 0 aliphatic heterocycles. The molecule has 0 N–H and O–H groups in total. The molecule has 2 rings (SSSR count). The average molecular weight is 237 g/mol. The lowest BCUT2D eigenvalue weighted by Gasteiger charge is -2.15. The first-order chi connectivity index (χ1) is 7.79. The van der Waals surface area contributed by atoms with Crippen molar-refractivity contribution < 1.29 is 0 Å². The number of rotatable bonds is 4. The molecular formula is C11H13ClN4. The van der Waals surface area contributed by atoms with E-state index in [2.05, 4.69) is 26.7 Å². The molecule has 0 spiro atoms. The van der Waals surface area contributed by atoms with Crippen LogP contribution in [-0.4, -0.2) is 19.7 Å². The van der Waals surface area contributed by atoms with Crippen LogP contribution in [0.3, 0.4) is 0 Å². The van der Waals surface area contributed by atoms with Gasteiger partial charge in [0.15, 0.2) is 0 Å². The molecule has 1 unspecified atom stereocenters. The van der Waals surface area contributed by atoms with Gasteiger partial charge in [-0.2, -0.15) is 10.2 Å². The fourth-order valence-corrected chi connectivity index (χ4v) is 1.84. The van der Waals surface area contributed by atoms with Crippen LogP contribution in [0.2, 0.25) is 5.02 Å². The van der Waals surface area contributed by atoms with E-state index in [0.717, 1.165) is 18.5 Å². The highest BCUT2D eigenvalue weighted by molar-refractivity contribution is 6.30. The van der Waals surface area contributed by atoms with Gasteiger partial charge in [0.1, 0.15) is 0 Å². The second-order valence-electron chi connectivity index (χ2n) is 3.64. The first kappa shape index (κ1) is 11.1. The highest BCUT2D eigenvalue weighted by Gasteiger charge is 2.10. The molecule has 0 radical (unpaired) electrons. The molecule has 16 heavy (non-hydrogen) atoms. The predicted molar refractivity (Wildman–Crippen MR) is 62.3 cm³/mol. The van der Waals surface area contributed by atoms with E-state index in [4.69, 9.17) is 11.6 Å². The van der Waals surface area contributed by atoms with Crippen molar-refractivity contribution in [3.8, 4) is 0 Å². The molecule has 0 bridgehead atoms. The number of nitrogens with zero attached hydrogens (tertiary/aromatic N) is 4. The van der Waals surface area contributed by atoms with Crippen LogP contribution >= 0.6 is 11.6 Å². The summed E-state index contributed by atoms with van der Waals surface area (Å²) >= 11 is 5.87. The van der Waals surface area contributed by atoms with E-state index in [0.29, 0.717) is 11.1 Å². The largest absolute Gasteiger partial charge is 0.334 e. The summed E-state index contributed by atoms with van der Waals surface area (Å²) in [6.45, 7) is 2.14. The lowest BCUT2D eigenvalue weighted by atomic mass is 10.1. The van der Waals surface area contributed by atoms with E-state index in [1.807, 2.05) is 18.6 Å². The Bertz CT molecular complexity index is 441. The zero-order valence-electron chi connectivity index (χ0n) is 9.05. The third-order valence-electron chi connectivity index (χ3n) is 2.53. The van der Waals surface area contributed by atoms with E-state index >= 15 is 0 Å². The van der Waals surface area contributed by atoms with Crippen molar-refractivity contribution in [2.24, 2.45) is 0 Å². The summed E-state index contributed by atoms with van der Waals surface area (Å²) in [4.78, 5) is 4.05. The first-order valence-corrected chi connectivity index (χ1v) is 5.62. The first-order valence-electron chi connectivity index (χ1n) is 5.24. The van der Waals surface area contributed by atoms with Crippen molar-refractivity contribution in [1.82, 2.24) is 19.7 Å². The maximum absolute atomic E-state index is 5.87. The SMILES string of the molecule is CCC(Cc1cc(Cl)cnn1)n1ccnc1. The van der Waals surface area contributed by atoms with E-state index in [1.165, 1.54) is 0 Å². The number of imidazole rings is 1. The molecule has 0 aromatic carbocycles. The zero-order valence-corrected chi connectivity index (χ0v) is 9.80. The van der Waals surface area contributed by atoms with E-state index in [9.17, 15) is 0 Å². The number of hydrogen-bond donors (Lipinski definition) is 0. The molecule has 4 nitrogen and oxygen atoms in total. The summed E-state index contributed by atoms with van der Waals surface area (Å²) in [7, 11) is 0. The highest BCUT2D eigenvalue weighted by Crippen LogP contribution is 2.17. The summed E-state index contributed by atoms with van der Waals surface area (Å²) in [5.74, 6) is 0. The van der Waals surface area contributed by atoms with Crippen LogP contribution in [0.5, 0.6) is 0 Å². The Labute approximate surface area is 99.3 Å². The van der Waals surface area contributed by atoms with Gasteiger partial charge in [-0.15, -0.1) is 0 Å². The van der Waals surface area contributed by atoms with Crippen molar-refractivity contribution in [2.45, 2.75) is 25.8 Å². The van der Waals surface area contributed by atoms with Crippen LogP contribution in [-0.2, 0) is 6.42 Å². The minimum absolute atomic E-state index is 0.357. The standard InChI is InChI=1S/C11H13ClN4/c1-2-11(16-4-3-13-8-16)6-10-5-9(12)7-14-15-10/h3-5,7-8,11H,2,6H2,1H3. The van der Waals surface area contributed by atoms with Crippen molar-refractivity contribution >= 4 is 11.6 Å². The van der Waals surface area contributed by atoms with Gasteiger partial charge in [-0.25, -0.2) is 4.98 Å². The summed E-state index contributed by atoms with van der Waals surface area (Å²) in [5, 5.41) is 8.55. The minimum Gasteiger partial charge on any atom is -0.334 e. The van der Waals surface area contributed by atoms with Crippen LogP contribution < -0.4 is 0 Å². The highest BCUT2D eigenvalue weighted by atomic mass is 35.5. The van der Waals surface area contributed by atoms with Gasteiger partial charge in [0.2, 0.25) is 0 Å². The van der Waals surface area contributed by atoms with E-state index in [1.54, 1.807) is 12.4 Å². The Kier molecular flexibility index (Phi) is 3.51. The zero-order chi connectivity index (χ0) is 11.4. The Morgan fingerprint density at radius 2 is 2.38 bits per heavy atom.